The molecule has 3 aromatic rings. The molecule has 0 radical (unpaired) electrons. The molecule has 164 valence electrons. The lowest BCUT2D eigenvalue weighted by atomic mass is 9.89. The van der Waals surface area contributed by atoms with Gasteiger partial charge in [0.2, 0.25) is 5.91 Å². The van der Waals surface area contributed by atoms with E-state index in [0.29, 0.717) is 19.6 Å². The third-order valence-electron chi connectivity index (χ3n) is 5.98. The van der Waals surface area contributed by atoms with Crippen molar-refractivity contribution in [1.82, 2.24) is 9.80 Å². The highest BCUT2D eigenvalue weighted by atomic mass is 16.5. The molecule has 32 heavy (non-hydrogen) atoms. The molecule has 1 unspecified atom stereocenters. The van der Waals surface area contributed by atoms with Crippen LogP contribution in [0.25, 0.3) is 0 Å². The average molecular weight is 429 g/mol. The Morgan fingerprint density at radius 2 is 1.38 bits per heavy atom. The van der Waals surface area contributed by atoms with Crippen LogP contribution in [0.4, 0.5) is 0 Å². The monoisotopic (exact) mass is 428 g/mol. The molecule has 1 saturated heterocycles. The van der Waals surface area contributed by atoms with E-state index in [9.17, 15) is 9.59 Å². The summed E-state index contributed by atoms with van der Waals surface area (Å²) in [5.41, 5.74) is 3.01. The summed E-state index contributed by atoms with van der Waals surface area (Å²) >= 11 is 0. The van der Waals surface area contributed by atoms with Crippen LogP contribution in [0.1, 0.15) is 22.6 Å². The van der Waals surface area contributed by atoms with E-state index in [0.717, 1.165) is 17.7 Å². The fraction of sp³-hybridized carbons (Fsp3) is 0.259. The molecule has 0 N–H and O–H groups in total. The van der Waals surface area contributed by atoms with Crippen LogP contribution in [0.2, 0.25) is 0 Å². The molecule has 4 rings (SSSR count). The molecule has 5 heteroatoms. The largest absolute Gasteiger partial charge is 0.467 e. The fourth-order valence-corrected chi connectivity index (χ4v) is 4.36. The second-order valence-electron chi connectivity index (χ2n) is 8.05. The van der Waals surface area contributed by atoms with Gasteiger partial charge < -0.3 is 9.64 Å². The first-order valence-corrected chi connectivity index (χ1v) is 10.9. The molecule has 1 heterocycles. The van der Waals surface area contributed by atoms with Crippen molar-refractivity contribution in [2.75, 3.05) is 26.7 Å². The molecule has 0 bridgehead atoms. The molecular formula is C27H28N2O3. The maximum atomic E-state index is 13.9. The standard InChI is InChI=1S/C27H28N2O3/c1-32-27(31)24-20-28(19-21-11-5-2-6-12-21)17-18-29(24)26(30)25(22-13-7-3-8-14-22)23-15-9-4-10-16-23/h2-16,24-25H,17-20H2,1H3. The lowest BCUT2D eigenvalue weighted by Gasteiger charge is -2.41. The van der Waals surface area contributed by atoms with Crippen molar-refractivity contribution in [2.45, 2.75) is 18.5 Å². The Labute approximate surface area is 189 Å². The van der Waals surface area contributed by atoms with E-state index in [2.05, 4.69) is 17.0 Å². The molecule has 5 nitrogen and oxygen atoms in total. The number of piperazine rings is 1. The molecule has 1 amide bonds. The molecule has 1 fully saturated rings. The lowest BCUT2D eigenvalue weighted by molar-refractivity contribution is -0.156. The third kappa shape index (κ3) is 4.89. The summed E-state index contributed by atoms with van der Waals surface area (Å²) in [6.45, 7) is 2.35. The Kier molecular flexibility index (Phi) is 6.97. The summed E-state index contributed by atoms with van der Waals surface area (Å²) in [6, 6.07) is 29.0. The van der Waals surface area contributed by atoms with E-state index in [1.165, 1.54) is 12.7 Å². The highest BCUT2D eigenvalue weighted by Gasteiger charge is 2.39. The highest BCUT2D eigenvalue weighted by Crippen LogP contribution is 2.29. The predicted octanol–water partition coefficient (Wildman–Crippen LogP) is 3.70. The van der Waals surface area contributed by atoms with Crippen molar-refractivity contribution in [3.63, 3.8) is 0 Å². The van der Waals surface area contributed by atoms with Crippen molar-refractivity contribution in [3.05, 3.63) is 108 Å². The van der Waals surface area contributed by atoms with Gasteiger partial charge in [0.15, 0.2) is 0 Å². The number of benzene rings is 3. The molecule has 3 aromatic carbocycles. The molecule has 1 aliphatic rings. The summed E-state index contributed by atoms with van der Waals surface area (Å²) in [6.07, 6.45) is 0. The number of carbonyl (C=O) groups is 2. The minimum Gasteiger partial charge on any atom is -0.467 e. The normalized spacial score (nSPS) is 16.7. The Hall–Kier alpha value is -3.44. The van der Waals surface area contributed by atoms with Crippen LogP contribution in [0.3, 0.4) is 0 Å². The van der Waals surface area contributed by atoms with Crippen molar-refractivity contribution in [2.24, 2.45) is 0 Å². The number of ether oxygens (including phenoxy) is 1. The number of methoxy groups -OCH3 is 1. The van der Waals surface area contributed by atoms with Crippen LogP contribution in [0.5, 0.6) is 0 Å². The summed E-state index contributed by atoms with van der Waals surface area (Å²) in [4.78, 5) is 30.5. The van der Waals surface area contributed by atoms with E-state index in [-0.39, 0.29) is 11.9 Å². The molecular weight excluding hydrogens is 400 g/mol. The molecule has 0 spiro atoms. The smallest absolute Gasteiger partial charge is 0.329 e. The van der Waals surface area contributed by atoms with Gasteiger partial charge in [-0.05, 0) is 16.7 Å². The van der Waals surface area contributed by atoms with Crippen molar-refractivity contribution >= 4 is 11.9 Å². The van der Waals surface area contributed by atoms with Gasteiger partial charge in [0.1, 0.15) is 6.04 Å². The van der Waals surface area contributed by atoms with Crippen molar-refractivity contribution < 1.29 is 14.3 Å². The maximum absolute atomic E-state index is 13.9. The third-order valence-corrected chi connectivity index (χ3v) is 5.98. The summed E-state index contributed by atoms with van der Waals surface area (Å²) in [7, 11) is 1.38. The van der Waals surface area contributed by atoms with Gasteiger partial charge in [0.05, 0.1) is 13.0 Å². The first kappa shape index (κ1) is 21.8. The van der Waals surface area contributed by atoms with Crippen LogP contribution in [-0.2, 0) is 20.9 Å². The molecule has 1 atom stereocenters. The van der Waals surface area contributed by atoms with Gasteiger partial charge in [-0.1, -0.05) is 91.0 Å². The van der Waals surface area contributed by atoms with E-state index >= 15 is 0 Å². The summed E-state index contributed by atoms with van der Waals surface area (Å²) in [5.74, 6) is -0.918. The number of esters is 1. The van der Waals surface area contributed by atoms with Gasteiger partial charge in [-0.2, -0.15) is 0 Å². The number of carbonyl (C=O) groups excluding carboxylic acids is 2. The number of rotatable bonds is 6. The summed E-state index contributed by atoms with van der Waals surface area (Å²) < 4.78 is 5.10. The van der Waals surface area contributed by atoms with Gasteiger partial charge in [-0.3, -0.25) is 9.69 Å². The van der Waals surface area contributed by atoms with Crippen LogP contribution in [-0.4, -0.2) is 54.5 Å². The van der Waals surface area contributed by atoms with Crippen LogP contribution < -0.4 is 0 Å². The van der Waals surface area contributed by atoms with Crippen LogP contribution in [0.15, 0.2) is 91.0 Å². The van der Waals surface area contributed by atoms with Gasteiger partial charge >= 0.3 is 5.97 Å². The number of amides is 1. The zero-order chi connectivity index (χ0) is 22.3. The molecule has 0 aliphatic carbocycles. The van der Waals surface area contributed by atoms with Gasteiger partial charge in [0.25, 0.3) is 0 Å². The average Bonchev–Trinajstić information content (AvgIpc) is 2.85. The zero-order valence-corrected chi connectivity index (χ0v) is 18.3. The Bertz CT molecular complexity index is 985. The first-order chi connectivity index (χ1) is 15.7. The summed E-state index contributed by atoms with van der Waals surface area (Å²) in [5, 5.41) is 0. The molecule has 0 saturated carbocycles. The maximum Gasteiger partial charge on any atom is 0.329 e. The highest BCUT2D eigenvalue weighted by molar-refractivity contribution is 5.91. The van der Waals surface area contributed by atoms with Gasteiger partial charge in [-0.25, -0.2) is 4.79 Å². The SMILES string of the molecule is COC(=O)C1CN(Cc2ccccc2)CCN1C(=O)C(c1ccccc1)c1ccccc1. The number of hydrogen-bond donors (Lipinski definition) is 0. The molecule has 0 aromatic heterocycles. The van der Waals surface area contributed by atoms with Crippen molar-refractivity contribution in [1.29, 1.82) is 0 Å². The second kappa shape index (κ2) is 10.2. The predicted molar refractivity (Wildman–Crippen MR) is 124 cm³/mol. The quantitative estimate of drug-likeness (QED) is 0.562. The Morgan fingerprint density at radius 1 is 0.844 bits per heavy atom. The first-order valence-electron chi connectivity index (χ1n) is 10.9. The van der Waals surface area contributed by atoms with Crippen LogP contribution in [0, 0.1) is 0 Å². The van der Waals surface area contributed by atoms with Crippen LogP contribution >= 0.6 is 0 Å². The van der Waals surface area contributed by atoms with Gasteiger partial charge in [0, 0.05) is 26.2 Å². The van der Waals surface area contributed by atoms with Crippen molar-refractivity contribution in [3.8, 4) is 0 Å². The number of hydrogen-bond acceptors (Lipinski definition) is 4. The lowest BCUT2D eigenvalue weighted by Crippen LogP contribution is -2.59. The van der Waals surface area contributed by atoms with E-state index in [1.54, 1.807) is 4.90 Å². The minimum absolute atomic E-state index is 0.0721. The topological polar surface area (TPSA) is 49.9 Å². The van der Waals surface area contributed by atoms with E-state index in [4.69, 9.17) is 4.74 Å². The minimum atomic E-state index is -0.639. The Balaban J connectivity index is 1.60. The van der Waals surface area contributed by atoms with Gasteiger partial charge in [-0.15, -0.1) is 0 Å². The Morgan fingerprint density at radius 3 is 1.91 bits per heavy atom. The van der Waals surface area contributed by atoms with E-state index < -0.39 is 12.0 Å². The fourth-order valence-electron chi connectivity index (χ4n) is 4.36. The van der Waals surface area contributed by atoms with E-state index in [1.807, 2.05) is 78.9 Å². The molecule has 1 aliphatic heterocycles. The second-order valence-corrected chi connectivity index (χ2v) is 8.05. The number of nitrogens with zero attached hydrogens (tertiary/aromatic N) is 2. The zero-order valence-electron chi connectivity index (χ0n) is 18.3.